The normalized spacial score (nSPS) is 10.7. The zero-order valence-corrected chi connectivity index (χ0v) is 12.0. The summed E-state index contributed by atoms with van der Waals surface area (Å²) in [5, 5.41) is 0. The maximum absolute atomic E-state index is 5.98. The number of hydrogen-bond donors (Lipinski definition) is 1. The third-order valence-corrected chi connectivity index (χ3v) is 3.67. The highest BCUT2D eigenvalue weighted by Gasteiger charge is 2.10. The van der Waals surface area contributed by atoms with E-state index in [2.05, 4.69) is 45.7 Å². The molecule has 2 N–H and O–H groups in total. The fraction of sp³-hybridized carbons (Fsp3) is 0.176. The highest BCUT2D eigenvalue weighted by Crippen LogP contribution is 2.24. The van der Waals surface area contributed by atoms with Crippen molar-refractivity contribution in [2.75, 3.05) is 5.73 Å². The van der Waals surface area contributed by atoms with Crippen molar-refractivity contribution < 1.29 is 0 Å². The zero-order valence-electron chi connectivity index (χ0n) is 12.0. The minimum absolute atomic E-state index is 0.531. The number of rotatable bonds is 4. The molecule has 0 saturated carbocycles. The molecular weight excluding hydrogens is 260 g/mol. The Morgan fingerprint density at radius 3 is 2.67 bits per heavy atom. The lowest BCUT2D eigenvalue weighted by Gasteiger charge is -2.12. The van der Waals surface area contributed by atoms with E-state index in [0.717, 1.165) is 24.2 Å². The second-order valence-corrected chi connectivity index (χ2v) is 4.97. The smallest absolute Gasteiger partial charge is 0.132 e. The number of anilines is 1. The molecule has 0 spiro atoms. The number of imidazole rings is 1. The van der Waals surface area contributed by atoms with Crippen molar-refractivity contribution in [2.45, 2.75) is 19.9 Å². The van der Waals surface area contributed by atoms with E-state index in [9.17, 15) is 0 Å². The van der Waals surface area contributed by atoms with Gasteiger partial charge in [-0.3, -0.25) is 0 Å². The number of nitrogens with two attached hydrogens (primary N) is 1. The molecule has 0 aliphatic carbocycles. The van der Waals surface area contributed by atoms with Gasteiger partial charge in [0.25, 0.3) is 0 Å². The third kappa shape index (κ3) is 2.65. The molecular formula is C17H18N4. The van der Waals surface area contributed by atoms with Gasteiger partial charge in [-0.15, -0.1) is 0 Å². The van der Waals surface area contributed by atoms with Gasteiger partial charge >= 0.3 is 0 Å². The van der Waals surface area contributed by atoms with Crippen LogP contribution in [0.1, 0.15) is 18.1 Å². The van der Waals surface area contributed by atoms with Crippen LogP contribution in [0.25, 0.3) is 11.3 Å². The fourth-order valence-electron chi connectivity index (χ4n) is 2.55. The van der Waals surface area contributed by atoms with E-state index in [0.29, 0.717) is 5.82 Å². The van der Waals surface area contributed by atoms with Crippen molar-refractivity contribution >= 4 is 5.82 Å². The first-order valence-corrected chi connectivity index (χ1v) is 7.07. The first kappa shape index (κ1) is 13.4. The van der Waals surface area contributed by atoms with Crippen molar-refractivity contribution in [1.29, 1.82) is 0 Å². The SMILES string of the molecule is CCc1ccccc1Cn1cncc1-c1cccnc1N. The zero-order chi connectivity index (χ0) is 14.7. The van der Waals surface area contributed by atoms with Crippen LogP contribution in [0.15, 0.2) is 55.1 Å². The molecule has 0 radical (unpaired) electrons. The van der Waals surface area contributed by atoms with Gasteiger partial charge < -0.3 is 10.3 Å². The summed E-state index contributed by atoms with van der Waals surface area (Å²) in [4.78, 5) is 8.42. The molecule has 0 atom stereocenters. The summed E-state index contributed by atoms with van der Waals surface area (Å²) in [6.07, 6.45) is 6.40. The van der Waals surface area contributed by atoms with Crippen molar-refractivity contribution in [1.82, 2.24) is 14.5 Å². The Labute approximate surface area is 124 Å². The largest absolute Gasteiger partial charge is 0.383 e. The molecule has 106 valence electrons. The maximum atomic E-state index is 5.98. The summed E-state index contributed by atoms with van der Waals surface area (Å²) in [6.45, 7) is 2.96. The maximum Gasteiger partial charge on any atom is 0.132 e. The van der Waals surface area contributed by atoms with Crippen LogP contribution in [0.5, 0.6) is 0 Å². The highest BCUT2D eigenvalue weighted by molar-refractivity contribution is 5.70. The molecule has 1 aromatic carbocycles. The van der Waals surface area contributed by atoms with Crippen LogP contribution in [0, 0.1) is 0 Å². The first-order valence-electron chi connectivity index (χ1n) is 7.07. The summed E-state index contributed by atoms with van der Waals surface area (Å²) in [7, 11) is 0. The lowest BCUT2D eigenvalue weighted by molar-refractivity contribution is 0.793. The molecule has 0 aliphatic heterocycles. The Balaban J connectivity index is 1.99. The molecule has 0 unspecified atom stereocenters. The van der Waals surface area contributed by atoms with Crippen LogP contribution >= 0.6 is 0 Å². The van der Waals surface area contributed by atoms with Gasteiger partial charge in [-0.2, -0.15) is 0 Å². The van der Waals surface area contributed by atoms with Gasteiger partial charge in [0, 0.05) is 18.3 Å². The predicted octanol–water partition coefficient (Wildman–Crippen LogP) is 3.14. The topological polar surface area (TPSA) is 56.7 Å². The number of hydrogen-bond acceptors (Lipinski definition) is 3. The molecule has 0 saturated heterocycles. The molecule has 2 heterocycles. The van der Waals surface area contributed by atoms with E-state index in [1.807, 2.05) is 24.7 Å². The predicted molar refractivity (Wildman–Crippen MR) is 84.8 cm³/mol. The van der Waals surface area contributed by atoms with E-state index in [4.69, 9.17) is 5.73 Å². The Kier molecular flexibility index (Phi) is 3.69. The van der Waals surface area contributed by atoms with Crippen LogP contribution < -0.4 is 5.73 Å². The minimum Gasteiger partial charge on any atom is -0.383 e. The van der Waals surface area contributed by atoms with E-state index in [-0.39, 0.29) is 0 Å². The second-order valence-electron chi connectivity index (χ2n) is 4.97. The molecule has 0 aliphatic rings. The molecule has 0 bridgehead atoms. The van der Waals surface area contributed by atoms with Gasteiger partial charge in [-0.25, -0.2) is 9.97 Å². The van der Waals surface area contributed by atoms with Crippen LogP contribution in [-0.2, 0) is 13.0 Å². The van der Waals surface area contributed by atoms with Crippen LogP contribution in [0.3, 0.4) is 0 Å². The molecule has 0 amide bonds. The Bertz CT molecular complexity index is 746. The number of benzene rings is 1. The van der Waals surface area contributed by atoms with Crippen molar-refractivity contribution in [2.24, 2.45) is 0 Å². The standard InChI is InChI=1S/C17H18N4/c1-2-13-6-3-4-7-14(13)11-21-12-19-10-16(21)15-8-5-9-20-17(15)18/h3-10,12H,2,11H2,1H3,(H2,18,20). The summed E-state index contributed by atoms with van der Waals surface area (Å²) in [6, 6.07) is 12.4. The third-order valence-electron chi connectivity index (χ3n) is 3.67. The van der Waals surface area contributed by atoms with E-state index >= 15 is 0 Å². The van der Waals surface area contributed by atoms with E-state index in [1.165, 1.54) is 11.1 Å². The number of pyridine rings is 1. The fourth-order valence-corrected chi connectivity index (χ4v) is 2.55. The van der Waals surface area contributed by atoms with Gasteiger partial charge in [0.1, 0.15) is 5.82 Å². The molecule has 2 aromatic heterocycles. The van der Waals surface area contributed by atoms with E-state index in [1.54, 1.807) is 6.20 Å². The summed E-state index contributed by atoms with van der Waals surface area (Å²) in [5.41, 5.74) is 10.6. The summed E-state index contributed by atoms with van der Waals surface area (Å²) >= 11 is 0. The monoisotopic (exact) mass is 278 g/mol. The lowest BCUT2D eigenvalue weighted by Crippen LogP contribution is -2.04. The van der Waals surface area contributed by atoms with Crippen LogP contribution in [0.2, 0.25) is 0 Å². The van der Waals surface area contributed by atoms with Gasteiger partial charge in [-0.1, -0.05) is 31.2 Å². The highest BCUT2D eigenvalue weighted by atomic mass is 15.0. The van der Waals surface area contributed by atoms with Crippen LogP contribution in [-0.4, -0.2) is 14.5 Å². The summed E-state index contributed by atoms with van der Waals surface area (Å²) in [5.74, 6) is 0.531. The molecule has 3 aromatic rings. The van der Waals surface area contributed by atoms with Gasteiger partial charge in [0.2, 0.25) is 0 Å². The lowest BCUT2D eigenvalue weighted by atomic mass is 10.1. The van der Waals surface area contributed by atoms with Gasteiger partial charge in [0.05, 0.1) is 18.2 Å². The van der Waals surface area contributed by atoms with Crippen molar-refractivity contribution in [3.63, 3.8) is 0 Å². The molecule has 4 heteroatoms. The summed E-state index contributed by atoms with van der Waals surface area (Å²) < 4.78 is 2.11. The van der Waals surface area contributed by atoms with E-state index < -0.39 is 0 Å². The Morgan fingerprint density at radius 1 is 1.10 bits per heavy atom. The quantitative estimate of drug-likeness (QED) is 0.797. The molecule has 4 nitrogen and oxygen atoms in total. The van der Waals surface area contributed by atoms with Gasteiger partial charge in [0.15, 0.2) is 0 Å². The van der Waals surface area contributed by atoms with Crippen molar-refractivity contribution in [3.8, 4) is 11.3 Å². The first-order chi connectivity index (χ1) is 10.3. The second kappa shape index (κ2) is 5.79. The number of aryl methyl sites for hydroxylation is 1. The number of aromatic nitrogens is 3. The Morgan fingerprint density at radius 2 is 1.90 bits per heavy atom. The molecule has 3 rings (SSSR count). The number of nitrogens with zero attached hydrogens (tertiary/aromatic N) is 3. The average molecular weight is 278 g/mol. The van der Waals surface area contributed by atoms with Crippen LogP contribution in [0.4, 0.5) is 5.82 Å². The Hall–Kier alpha value is -2.62. The number of nitrogen functional groups attached to an aromatic ring is 1. The molecule has 0 fully saturated rings. The van der Waals surface area contributed by atoms with Gasteiger partial charge in [-0.05, 0) is 29.7 Å². The van der Waals surface area contributed by atoms with Crippen molar-refractivity contribution in [3.05, 3.63) is 66.2 Å². The minimum atomic E-state index is 0.531. The average Bonchev–Trinajstić information content (AvgIpc) is 2.96. The molecule has 21 heavy (non-hydrogen) atoms.